The Balaban J connectivity index is 2.75. The minimum Gasteiger partial charge on any atom is -0.534 e. The van der Waals surface area contributed by atoms with Crippen LogP contribution in [-0.2, 0) is 4.43 Å². The van der Waals surface area contributed by atoms with Crippen LogP contribution in [0.4, 0.5) is 0 Å². The average molecular weight is 323 g/mol. The summed E-state index contributed by atoms with van der Waals surface area (Å²) in [5.41, 5.74) is 0.873. The lowest BCUT2D eigenvalue weighted by atomic mass is 10.2. The van der Waals surface area contributed by atoms with E-state index in [1.165, 1.54) is 10.4 Å². The lowest BCUT2D eigenvalue weighted by Gasteiger charge is -2.43. The Morgan fingerprint density at radius 3 is 1.52 bits per heavy atom. The largest absolute Gasteiger partial charge is 0.534 e. The van der Waals surface area contributed by atoms with E-state index < -0.39 is 8.32 Å². The zero-order chi connectivity index (χ0) is 17.1. The zero-order valence-electron chi connectivity index (χ0n) is 14.6. The van der Waals surface area contributed by atoms with E-state index in [1.807, 2.05) is 19.1 Å². The molecule has 0 aliphatic carbocycles. The number of hydrogen-bond donors (Lipinski definition) is 0. The number of allylic oxidation sites excluding steroid dienone is 1. The van der Waals surface area contributed by atoms with Gasteiger partial charge in [-0.05, 0) is 27.9 Å². The first-order valence-electron chi connectivity index (χ1n) is 7.94. The van der Waals surface area contributed by atoms with Crippen molar-refractivity contribution in [2.24, 2.45) is 0 Å². The van der Waals surface area contributed by atoms with E-state index in [2.05, 4.69) is 82.5 Å². The van der Waals surface area contributed by atoms with Crippen LogP contribution in [0.1, 0.15) is 27.7 Å². The summed E-state index contributed by atoms with van der Waals surface area (Å²) in [6, 6.07) is 21.1. The molecule has 0 radical (unpaired) electrons. The molecule has 2 aromatic carbocycles. The molecule has 1 nitrogen and oxygen atoms in total. The normalized spacial score (nSPS) is 11.8. The van der Waals surface area contributed by atoms with Crippen LogP contribution in [0.15, 0.2) is 85.2 Å². The van der Waals surface area contributed by atoms with Gasteiger partial charge in [0.05, 0.1) is 5.76 Å². The maximum absolute atomic E-state index is 6.68. The van der Waals surface area contributed by atoms with Gasteiger partial charge < -0.3 is 4.43 Å². The topological polar surface area (TPSA) is 9.23 Å². The van der Waals surface area contributed by atoms with E-state index in [4.69, 9.17) is 4.43 Å². The summed E-state index contributed by atoms with van der Waals surface area (Å²) >= 11 is 0. The van der Waals surface area contributed by atoms with Gasteiger partial charge in [-0.25, -0.2) is 0 Å². The Hall–Kier alpha value is -2.06. The highest BCUT2D eigenvalue weighted by Crippen LogP contribution is 2.38. The SMILES string of the molecule is C=C(C)C(=C)O[Si](c1ccccc1)(c1ccccc1)C(C)(C)C. The fourth-order valence-corrected chi connectivity index (χ4v) is 7.40. The summed E-state index contributed by atoms with van der Waals surface area (Å²) in [6.07, 6.45) is 0. The smallest absolute Gasteiger partial charge is 0.319 e. The molecule has 2 aromatic rings. The van der Waals surface area contributed by atoms with Crippen LogP contribution in [0, 0.1) is 0 Å². The van der Waals surface area contributed by atoms with Gasteiger partial charge in [-0.3, -0.25) is 0 Å². The molecule has 120 valence electrons. The maximum atomic E-state index is 6.68. The summed E-state index contributed by atoms with van der Waals surface area (Å²) < 4.78 is 6.68. The molecule has 0 atom stereocenters. The summed E-state index contributed by atoms with van der Waals surface area (Å²) in [4.78, 5) is 0. The Kier molecular flexibility index (Phi) is 4.96. The minimum atomic E-state index is -2.54. The van der Waals surface area contributed by atoms with Crippen LogP contribution in [0.3, 0.4) is 0 Å². The zero-order valence-corrected chi connectivity index (χ0v) is 15.6. The summed E-state index contributed by atoms with van der Waals surface area (Å²) in [6.45, 7) is 16.8. The molecule has 0 N–H and O–H groups in total. The van der Waals surface area contributed by atoms with Crippen molar-refractivity contribution in [2.75, 3.05) is 0 Å². The fraction of sp³-hybridized carbons (Fsp3) is 0.238. The second-order valence-corrected chi connectivity index (χ2v) is 11.2. The van der Waals surface area contributed by atoms with Gasteiger partial charge in [0.2, 0.25) is 0 Å². The van der Waals surface area contributed by atoms with Crippen molar-refractivity contribution in [3.63, 3.8) is 0 Å². The number of benzene rings is 2. The third kappa shape index (κ3) is 3.32. The van der Waals surface area contributed by atoms with Crippen molar-refractivity contribution in [1.82, 2.24) is 0 Å². The average Bonchev–Trinajstić information content (AvgIpc) is 2.52. The van der Waals surface area contributed by atoms with E-state index >= 15 is 0 Å². The van der Waals surface area contributed by atoms with Gasteiger partial charge in [-0.1, -0.05) is 94.6 Å². The molecule has 23 heavy (non-hydrogen) atoms. The third-order valence-corrected chi connectivity index (χ3v) is 9.13. The van der Waals surface area contributed by atoms with E-state index in [-0.39, 0.29) is 5.04 Å². The summed E-state index contributed by atoms with van der Waals surface area (Å²) in [5.74, 6) is 0.680. The van der Waals surface area contributed by atoms with E-state index in [9.17, 15) is 0 Å². The van der Waals surface area contributed by atoms with Crippen LogP contribution < -0.4 is 10.4 Å². The predicted octanol–water partition coefficient (Wildman–Crippen LogP) is 4.65. The highest BCUT2D eigenvalue weighted by Gasteiger charge is 2.52. The highest BCUT2D eigenvalue weighted by atomic mass is 28.4. The first kappa shape index (κ1) is 17.3. The molecule has 0 aliphatic rings. The van der Waals surface area contributed by atoms with E-state index in [0.29, 0.717) is 5.76 Å². The molecule has 0 saturated carbocycles. The van der Waals surface area contributed by atoms with Gasteiger partial charge in [-0.2, -0.15) is 0 Å². The Morgan fingerprint density at radius 2 is 1.22 bits per heavy atom. The second-order valence-electron chi connectivity index (χ2n) is 6.97. The van der Waals surface area contributed by atoms with Gasteiger partial charge in [0.25, 0.3) is 0 Å². The summed E-state index contributed by atoms with van der Waals surface area (Å²) in [7, 11) is -2.54. The molecule has 0 unspecified atom stereocenters. The van der Waals surface area contributed by atoms with E-state index in [1.54, 1.807) is 0 Å². The van der Waals surface area contributed by atoms with Gasteiger partial charge in [0.15, 0.2) is 0 Å². The summed E-state index contributed by atoms with van der Waals surface area (Å²) in [5, 5.41) is 2.45. The molecule has 0 aromatic heterocycles. The molecule has 0 saturated heterocycles. The highest BCUT2D eigenvalue weighted by molar-refractivity contribution is 6.99. The van der Waals surface area contributed by atoms with Crippen LogP contribution in [0.5, 0.6) is 0 Å². The van der Waals surface area contributed by atoms with Crippen molar-refractivity contribution < 1.29 is 4.43 Å². The molecule has 0 spiro atoms. The van der Waals surface area contributed by atoms with E-state index in [0.717, 1.165) is 5.57 Å². The van der Waals surface area contributed by atoms with Gasteiger partial charge in [0, 0.05) is 0 Å². The van der Waals surface area contributed by atoms with Crippen LogP contribution in [-0.4, -0.2) is 8.32 Å². The third-order valence-electron chi connectivity index (χ3n) is 4.17. The van der Waals surface area contributed by atoms with Crippen molar-refractivity contribution in [3.05, 3.63) is 85.2 Å². The lowest BCUT2D eigenvalue weighted by Crippen LogP contribution is -2.66. The Bertz CT molecular complexity index is 641. The minimum absolute atomic E-state index is 0.0475. The molecule has 0 heterocycles. The van der Waals surface area contributed by atoms with Crippen LogP contribution in [0.25, 0.3) is 0 Å². The van der Waals surface area contributed by atoms with Gasteiger partial charge in [-0.15, -0.1) is 0 Å². The Morgan fingerprint density at radius 1 is 0.826 bits per heavy atom. The first-order valence-corrected chi connectivity index (χ1v) is 9.84. The predicted molar refractivity (Wildman–Crippen MR) is 103 cm³/mol. The second kappa shape index (κ2) is 6.59. The number of hydrogen-bond acceptors (Lipinski definition) is 1. The molecular formula is C21H26OSi. The fourth-order valence-electron chi connectivity index (χ4n) is 2.92. The van der Waals surface area contributed by atoms with Crippen LogP contribution >= 0.6 is 0 Å². The standard InChI is InChI=1S/C21H26OSi/c1-17(2)18(3)22-23(21(4,5)6,19-13-9-7-10-14-19)20-15-11-8-12-16-20/h7-16H,1,3H2,2,4-6H3. The number of rotatable bonds is 5. The van der Waals surface area contributed by atoms with Crippen molar-refractivity contribution in [1.29, 1.82) is 0 Å². The maximum Gasteiger partial charge on any atom is 0.319 e. The molecule has 2 heteroatoms. The first-order chi connectivity index (χ1) is 10.8. The van der Waals surface area contributed by atoms with Crippen molar-refractivity contribution >= 4 is 18.7 Å². The van der Waals surface area contributed by atoms with Crippen molar-refractivity contribution in [2.45, 2.75) is 32.7 Å². The molecule has 0 amide bonds. The quantitative estimate of drug-likeness (QED) is 0.442. The molecule has 0 fully saturated rings. The lowest BCUT2D eigenvalue weighted by molar-refractivity contribution is 0.409. The van der Waals surface area contributed by atoms with Crippen molar-refractivity contribution in [3.8, 4) is 0 Å². The van der Waals surface area contributed by atoms with Gasteiger partial charge >= 0.3 is 8.32 Å². The Labute approximate surface area is 141 Å². The molecular weight excluding hydrogens is 296 g/mol. The molecule has 0 aliphatic heterocycles. The van der Waals surface area contributed by atoms with Crippen LogP contribution in [0.2, 0.25) is 5.04 Å². The molecule has 0 bridgehead atoms. The molecule has 2 rings (SSSR count). The van der Waals surface area contributed by atoms with Gasteiger partial charge in [0.1, 0.15) is 0 Å². The monoisotopic (exact) mass is 322 g/mol.